The maximum absolute atomic E-state index is 14.0. The molecule has 2 atom stereocenters. The van der Waals surface area contributed by atoms with Gasteiger partial charge in [-0.2, -0.15) is 0 Å². The third-order valence-electron chi connectivity index (χ3n) is 7.89. The molecule has 0 bridgehead atoms. The molecular formula is C37H44ClN3O7. The van der Waals surface area contributed by atoms with Crippen molar-refractivity contribution >= 4 is 46.9 Å². The van der Waals surface area contributed by atoms with Gasteiger partial charge in [-0.15, -0.1) is 0 Å². The molecule has 0 spiro atoms. The molecule has 10 nitrogen and oxygen atoms in total. The number of nitrogens with zero attached hydrogens (tertiary/aromatic N) is 1. The number of hydrogen-bond donors (Lipinski definition) is 2. The topological polar surface area (TPSA) is 123 Å². The monoisotopic (exact) mass is 677 g/mol. The van der Waals surface area contributed by atoms with Crippen LogP contribution in [0.5, 0.6) is 0 Å². The van der Waals surface area contributed by atoms with Crippen molar-refractivity contribution in [1.82, 2.24) is 5.32 Å². The van der Waals surface area contributed by atoms with Crippen molar-refractivity contribution in [2.75, 3.05) is 23.6 Å². The number of amides is 3. The van der Waals surface area contributed by atoms with Crippen molar-refractivity contribution in [3.8, 4) is 0 Å². The summed E-state index contributed by atoms with van der Waals surface area (Å²) in [6.07, 6.45) is -0.0788. The number of ether oxygens (including phenoxy) is 3. The lowest BCUT2D eigenvalue weighted by Gasteiger charge is -2.26. The summed E-state index contributed by atoms with van der Waals surface area (Å²) < 4.78 is 16.8. The lowest BCUT2D eigenvalue weighted by Crippen LogP contribution is -2.47. The number of halogens is 1. The fraction of sp³-hybridized carbons (Fsp3) is 0.405. The summed E-state index contributed by atoms with van der Waals surface area (Å²) in [5.74, 6) is -1.33. The van der Waals surface area contributed by atoms with Gasteiger partial charge in [-0.25, -0.2) is 9.59 Å². The second kappa shape index (κ2) is 15.7. The Kier molecular flexibility index (Phi) is 11.9. The van der Waals surface area contributed by atoms with Gasteiger partial charge in [-0.05, 0) is 107 Å². The van der Waals surface area contributed by atoms with Gasteiger partial charge >= 0.3 is 12.1 Å². The zero-order valence-corrected chi connectivity index (χ0v) is 29.3. The number of benzene rings is 3. The Morgan fingerprint density at radius 3 is 2.35 bits per heavy atom. The highest BCUT2D eigenvalue weighted by molar-refractivity contribution is 6.30. The maximum Gasteiger partial charge on any atom is 0.408 e. The van der Waals surface area contributed by atoms with Gasteiger partial charge in [0.25, 0.3) is 11.8 Å². The Morgan fingerprint density at radius 2 is 1.69 bits per heavy atom. The van der Waals surface area contributed by atoms with Crippen LogP contribution in [0.4, 0.5) is 16.2 Å². The van der Waals surface area contributed by atoms with E-state index in [2.05, 4.69) is 10.6 Å². The molecule has 3 amide bonds. The van der Waals surface area contributed by atoms with E-state index in [1.54, 1.807) is 82.0 Å². The third-order valence-corrected chi connectivity index (χ3v) is 8.12. The van der Waals surface area contributed by atoms with Gasteiger partial charge in [0, 0.05) is 39.6 Å². The fourth-order valence-electron chi connectivity index (χ4n) is 5.47. The Morgan fingerprint density at radius 1 is 0.958 bits per heavy atom. The quantitative estimate of drug-likeness (QED) is 0.175. The molecule has 3 aromatic carbocycles. The Bertz CT molecular complexity index is 1670. The second-order valence-corrected chi connectivity index (χ2v) is 13.6. The molecule has 1 aliphatic rings. The zero-order valence-electron chi connectivity index (χ0n) is 28.5. The molecule has 11 heteroatoms. The highest BCUT2D eigenvalue weighted by Crippen LogP contribution is 2.38. The number of esters is 1. The summed E-state index contributed by atoms with van der Waals surface area (Å²) in [6.45, 7) is 12.6. The second-order valence-electron chi connectivity index (χ2n) is 13.2. The van der Waals surface area contributed by atoms with Crippen LogP contribution in [0.25, 0.3) is 0 Å². The number of carbonyl (C=O) groups excluding carboxylic acids is 4. The van der Waals surface area contributed by atoms with Crippen molar-refractivity contribution in [1.29, 1.82) is 0 Å². The minimum atomic E-state index is -0.933. The summed E-state index contributed by atoms with van der Waals surface area (Å²) in [4.78, 5) is 53.8. The van der Waals surface area contributed by atoms with E-state index in [9.17, 15) is 19.2 Å². The Balaban J connectivity index is 1.46. The number of carbonyl (C=O) groups is 4. The summed E-state index contributed by atoms with van der Waals surface area (Å²) >= 11 is 6.40. The van der Waals surface area contributed by atoms with E-state index in [4.69, 9.17) is 25.8 Å². The lowest BCUT2D eigenvalue weighted by atomic mass is 10.0. The van der Waals surface area contributed by atoms with Gasteiger partial charge in [-0.3, -0.25) is 9.59 Å². The Hall–Kier alpha value is -4.41. The molecule has 4 rings (SSSR count). The highest BCUT2D eigenvalue weighted by atomic mass is 35.5. The smallest absolute Gasteiger partial charge is 0.408 e. The molecule has 0 radical (unpaired) electrons. The predicted octanol–water partition coefficient (Wildman–Crippen LogP) is 7.76. The normalized spacial score (nSPS) is 15.2. The molecule has 0 saturated heterocycles. The zero-order chi connectivity index (χ0) is 35.2. The standard InChI is InChI=1S/C37H44ClN3O7/c1-22(2)32(40-36(45)48-37(5,6)7)35(44)47-21-46-31-13-10-18-41(30-17-14-25(38)20-29(30)31)34(43)28-16-15-26(19-24(28)4)39-33(42)27-12-9-8-11-23(27)3/h8-9,11-12,14-17,19-20,22,31-32H,10,13,18,21H2,1-7H3,(H,39,42)(H,40,45)/t31?,32-/m0/s1. The molecule has 0 aromatic heterocycles. The molecular weight excluding hydrogens is 634 g/mol. The first-order valence-corrected chi connectivity index (χ1v) is 16.4. The van der Waals surface area contributed by atoms with E-state index in [-0.39, 0.29) is 24.5 Å². The highest BCUT2D eigenvalue weighted by Gasteiger charge is 2.31. The lowest BCUT2D eigenvalue weighted by molar-refractivity contribution is -0.165. The SMILES string of the molecule is Cc1ccccc1C(=O)Nc1ccc(C(=O)N2CCCC(OCOC(=O)[C@@H](NC(=O)OC(C)(C)C)C(C)C)c3cc(Cl)ccc32)c(C)c1. The van der Waals surface area contributed by atoms with E-state index in [1.165, 1.54) is 0 Å². The van der Waals surface area contributed by atoms with Crippen molar-refractivity contribution < 1.29 is 33.4 Å². The van der Waals surface area contributed by atoms with Crippen LogP contribution >= 0.6 is 11.6 Å². The predicted molar refractivity (Wildman–Crippen MR) is 185 cm³/mol. The summed E-state index contributed by atoms with van der Waals surface area (Å²) in [5.41, 5.74) is 3.86. The van der Waals surface area contributed by atoms with Crippen LogP contribution in [-0.4, -0.2) is 48.9 Å². The van der Waals surface area contributed by atoms with Crippen LogP contribution in [0.1, 0.15) is 91.0 Å². The number of anilines is 2. The minimum Gasteiger partial charge on any atom is -0.444 e. The number of aryl methyl sites for hydroxylation is 2. The summed E-state index contributed by atoms with van der Waals surface area (Å²) in [6, 6.07) is 16.9. The average molecular weight is 678 g/mol. The van der Waals surface area contributed by atoms with E-state index in [0.29, 0.717) is 58.0 Å². The van der Waals surface area contributed by atoms with Gasteiger partial charge in [0.15, 0.2) is 6.79 Å². The van der Waals surface area contributed by atoms with Crippen LogP contribution < -0.4 is 15.5 Å². The molecule has 0 saturated carbocycles. The number of nitrogens with one attached hydrogen (secondary N) is 2. The van der Waals surface area contributed by atoms with Gasteiger partial charge in [0.05, 0.1) is 6.10 Å². The summed E-state index contributed by atoms with van der Waals surface area (Å²) in [7, 11) is 0. The Labute approximate surface area is 287 Å². The van der Waals surface area contributed by atoms with Crippen LogP contribution in [-0.2, 0) is 19.0 Å². The van der Waals surface area contributed by atoms with E-state index >= 15 is 0 Å². The fourth-order valence-corrected chi connectivity index (χ4v) is 5.65. The maximum atomic E-state index is 14.0. The summed E-state index contributed by atoms with van der Waals surface area (Å²) in [5, 5.41) is 5.98. The van der Waals surface area contributed by atoms with Crippen LogP contribution in [0.2, 0.25) is 5.02 Å². The molecule has 1 aliphatic heterocycles. The molecule has 1 unspecified atom stereocenters. The van der Waals surface area contributed by atoms with Gasteiger partial charge < -0.3 is 29.7 Å². The number of rotatable bonds is 9. The van der Waals surface area contributed by atoms with Crippen LogP contribution in [0.15, 0.2) is 60.7 Å². The van der Waals surface area contributed by atoms with E-state index in [0.717, 1.165) is 5.56 Å². The van der Waals surface area contributed by atoms with Crippen molar-refractivity contribution in [2.45, 2.75) is 79.1 Å². The van der Waals surface area contributed by atoms with Crippen LogP contribution in [0.3, 0.4) is 0 Å². The van der Waals surface area contributed by atoms with Gasteiger partial charge in [-0.1, -0.05) is 43.6 Å². The molecule has 48 heavy (non-hydrogen) atoms. The number of fused-ring (bicyclic) bond motifs is 1. The van der Waals surface area contributed by atoms with Crippen molar-refractivity contribution in [3.63, 3.8) is 0 Å². The number of hydrogen-bond acceptors (Lipinski definition) is 7. The van der Waals surface area contributed by atoms with Gasteiger partial charge in [0.1, 0.15) is 11.6 Å². The minimum absolute atomic E-state index is 0.201. The molecule has 1 heterocycles. The van der Waals surface area contributed by atoms with Crippen LogP contribution in [0, 0.1) is 19.8 Å². The van der Waals surface area contributed by atoms with Gasteiger partial charge in [0.2, 0.25) is 0 Å². The molecule has 0 aliphatic carbocycles. The van der Waals surface area contributed by atoms with Crippen molar-refractivity contribution in [3.05, 3.63) is 93.5 Å². The van der Waals surface area contributed by atoms with E-state index in [1.807, 2.05) is 32.0 Å². The van der Waals surface area contributed by atoms with E-state index < -0.39 is 29.8 Å². The number of alkyl carbamates (subject to hydrolysis) is 1. The van der Waals surface area contributed by atoms with Crippen molar-refractivity contribution in [2.24, 2.45) is 5.92 Å². The molecule has 2 N–H and O–H groups in total. The first-order chi connectivity index (χ1) is 22.6. The molecule has 3 aromatic rings. The first kappa shape index (κ1) is 36.4. The average Bonchev–Trinajstić information content (AvgIpc) is 3.17. The third kappa shape index (κ3) is 9.35. The molecule has 0 fully saturated rings. The molecule has 256 valence electrons. The first-order valence-electron chi connectivity index (χ1n) is 16.0. The largest absolute Gasteiger partial charge is 0.444 e.